The molecule has 1 aliphatic rings. The summed E-state index contributed by atoms with van der Waals surface area (Å²) in [6.07, 6.45) is 0.0352. The summed E-state index contributed by atoms with van der Waals surface area (Å²) < 4.78 is 0. The monoisotopic (exact) mass is 365 g/mol. The summed E-state index contributed by atoms with van der Waals surface area (Å²) in [4.78, 5) is 49.0. The molecule has 138 valence electrons. The van der Waals surface area contributed by atoms with Gasteiger partial charge in [-0.3, -0.25) is 24.1 Å². The zero-order valence-electron chi connectivity index (χ0n) is 15.0. The molecule has 3 rings (SSSR count). The first-order chi connectivity index (χ1) is 12.9. The van der Waals surface area contributed by atoms with E-state index in [0.717, 1.165) is 10.5 Å². The first kappa shape index (κ1) is 18.3. The van der Waals surface area contributed by atoms with Gasteiger partial charge >= 0.3 is 0 Å². The van der Waals surface area contributed by atoms with Gasteiger partial charge in [0.25, 0.3) is 11.8 Å². The molecule has 0 bridgehead atoms. The summed E-state index contributed by atoms with van der Waals surface area (Å²) in [7, 11) is 1.42. The van der Waals surface area contributed by atoms with Gasteiger partial charge in [-0.25, -0.2) is 0 Å². The lowest BCUT2D eigenvalue weighted by Gasteiger charge is -2.18. The van der Waals surface area contributed by atoms with Gasteiger partial charge < -0.3 is 10.6 Å². The van der Waals surface area contributed by atoms with Gasteiger partial charge in [-0.1, -0.05) is 30.3 Å². The second kappa shape index (κ2) is 7.41. The van der Waals surface area contributed by atoms with Crippen LogP contribution in [0.5, 0.6) is 0 Å². The Hall–Kier alpha value is -3.48. The van der Waals surface area contributed by atoms with Crippen molar-refractivity contribution < 1.29 is 19.2 Å². The summed E-state index contributed by atoms with van der Waals surface area (Å²) >= 11 is 0. The van der Waals surface area contributed by atoms with E-state index >= 15 is 0 Å². The summed E-state index contributed by atoms with van der Waals surface area (Å²) in [5, 5.41) is 5.49. The smallest absolute Gasteiger partial charge is 0.261 e. The van der Waals surface area contributed by atoms with Crippen molar-refractivity contribution >= 4 is 29.3 Å². The normalized spacial score (nSPS) is 13.9. The van der Waals surface area contributed by atoms with Gasteiger partial charge in [0.2, 0.25) is 11.8 Å². The second-order valence-corrected chi connectivity index (χ2v) is 6.35. The van der Waals surface area contributed by atoms with Crippen molar-refractivity contribution in [3.05, 3.63) is 65.2 Å². The van der Waals surface area contributed by atoms with Crippen molar-refractivity contribution in [3.63, 3.8) is 0 Å². The minimum Gasteiger partial charge on any atom is -0.349 e. The number of anilines is 1. The van der Waals surface area contributed by atoms with Crippen molar-refractivity contribution in [2.45, 2.75) is 19.4 Å². The Morgan fingerprint density at radius 1 is 1.00 bits per heavy atom. The van der Waals surface area contributed by atoms with Crippen molar-refractivity contribution in [1.82, 2.24) is 10.2 Å². The van der Waals surface area contributed by atoms with Crippen LogP contribution < -0.4 is 10.6 Å². The van der Waals surface area contributed by atoms with Crippen molar-refractivity contribution in [2.24, 2.45) is 0 Å². The van der Waals surface area contributed by atoms with Crippen molar-refractivity contribution in [2.75, 3.05) is 12.4 Å². The number of amides is 4. The number of carbonyl (C=O) groups is 4. The molecule has 4 amide bonds. The van der Waals surface area contributed by atoms with Gasteiger partial charge in [-0.05, 0) is 23.8 Å². The number of imide groups is 1. The summed E-state index contributed by atoms with van der Waals surface area (Å²) in [5.41, 5.74) is 1.83. The number of carbonyl (C=O) groups excluding carboxylic acids is 4. The quantitative estimate of drug-likeness (QED) is 0.794. The van der Waals surface area contributed by atoms with Crippen LogP contribution in [0.1, 0.15) is 45.7 Å². The van der Waals surface area contributed by atoms with Crippen molar-refractivity contribution in [3.8, 4) is 0 Å². The molecule has 2 aromatic rings. The minimum atomic E-state index is -0.465. The molecule has 0 aromatic heterocycles. The molecule has 2 aromatic carbocycles. The predicted molar refractivity (Wildman–Crippen MR) is 99.1 cm³/mol. The third-order valence-corrected chi connectivity index (χ3v) is 4.34. The van der Waals surface area contributed by atoms with Gasteiger partial charge in [0.1, 0.15) is 0 Å². The number of fused-ring (bicyclic) bond motifs is 1. The molecule has 1 aliphatic heterocycles. The van der Waals surface area contributed by atoms with Crippen LogP contribution in [-0.2, 0) is 9.59 Å². The number of rotatable bonds is 5. The molecule has 0 saturated heterocycles. The van der Waals surface area contributed by atoms with E-state index in [2.05, 4.69) is 10.6 Å². The highest BCUT2D eigenvalue weighted by molar-refractivity contribution is 6.21. The molecule has 0 radical (unpaired) electrons. The molecule has 7 heteroatoms. The topological polar surface area (TPSA) is 95.6 Å². The molecule has 1 atom stereocenters. The minimum absolute atomic E-state index is 0.0352. The van der Waals surface area contributed by atoms with Crippen LogP contribution in [0.3, 0.4) is 0 Å². The molecule has 0 spiro atoms. The highest BCUT2D eigenvalue weighted by Crippen LogP contribution is 2.25. The molecule has 1 unspecified atom stereocenters. The lowest BCUT2D eigenvalue weighted by molar-refractivity contribution is -0.120. The van der Waals surface area contributed by atoms with Gasteiger partial charge in [-0.2, -0.15) is 0 Å². The zero-order chi connectivity index (χ0) is 19.6. The van der Waals surface area contributed by atoms with E-state index in [9.17, 15) is 19.2 Å². The van der Waals surface area contributed by atoms with E-state index in [0.29, 0.717) is 11.3 Å². The number of nitrogens with zero attached hydrogens (tertiary/aromatic N) is 1. The Labute approximate surface area is 156 Å². The van der Waals surface area contributed by atoms with E-state index in [1.807, 2.05) is 30.3 Å². The van der Waals surface area contributed by atoms with Gasteiger partial charge in [0, 0.05) is 19.7 Å². The number of nitrogens with one attached hydrogen (secondary N) is 2. The average Bonchev–Trinajstić information content (AvgIpc) is 2.85. The third-order valence-electron chi connectivity index (χ3n) is 4.34. The fraction of sp³-hybridized carbons (Fsp3) is 0.200. The lowest BCUT2D eigenvalue weighted by Crippen LogP contribution is -2.29. The van der Waals surface area contributed by atoms with Crippen LogP contribution >= 0.6 is 0 Å². The van der Waals surface area contributed by atoms with Crippen LogP contribution in [0.4, 0.5) is 5.69 Å². The largest absolute Gasteiger partial charge is 0.349 e. The molecule has 1 heterocycles. The van der Waals surface area contributed by atoms with E-state index in [1.165, 1.54) is 26.1 Å². The first-order valence-electron chi connectivity index (χ1n) is 8.45. The van der Waals surface area contributed by atoms with Crippen LogP contribution in [0.15, 0.2) is 48.5 Å². The Morgan fingerprint density at radius 3 is 2.33 bits per heavy atom. The number of hydrogen-bond acceptors (Lipinski definition) is 4. The molecule has 27 heavy (non-hydrogen) atoms. The Bertz CT molecular complexity index is 924. The van der Waals surface area contributed by atoms with Gasteiger partial charge in [-0.15, -0.1) is 0 Å². The second-order valence-electron chi connectivity index (χ2n) is 6.35. The maximum absolute atomic E-state index is 12.5. The van der Waals surface area contributed by atoms with Gasteiger partial charge in [0.15, 0.2) is 0 Å². The van der Waals surface area contributed by atoms with E-state index in [-0.39, 0.29) is 29.7 Å². The average molecular weight is 365 g/mol. The zero-order valence-corrected chi connectivity index (χ0v) is 15.0. The predicted octanol–water partition coefficient (Wildman–Crippen LogP) is 2.12. The molecule has 7 nitrogen and oxygen atoms in total. The van der Waals surface area contributed by atoms with Gasteiger partial charge in [0.05, 0.1) is 23.6 Å². The highest BCUT2D eigenvalue weighted by atomic mass is 16.2. The molecule has 0 aliphatic carbocycles. The van der Waals surface area contributed by atoms with E-state index in [1.54, 1.807) is 6.07 Å². The van der Waals surface area contributed by atoms with Crippen LogP contribution in [-0.4, -0.2) is 35.6 Å². The number of benzene rings is 2. The SMILES string of the molecule is CC(=O)NC(CC(=O)Nc1ccc2c(c1)C(=O)N(C)C2=O)c1ccccc1. The maximum atomic E-state index is 12.5. The van der Waals surface area contributed by atoms with E-state index < -0.39 is 11.9 Å². The standard InChI is InChI=1S/C20H19N3O4/c1-12(24)21-17(13-6-4-3-5-7-13)11-18(25)22-14-8-9-15-16(10-14)20(27)23(2)19(15)26/h3-10,17H,11H2,1-2H3,(H,21,24)(H,22,25). The molecule has 0 fully saturated rings. The van der Waals surface area contributed by atoms with E-state index in [4.69, 9.17) is 0 Å². The molecule has 2 N–H and O–H groups in total. The summed E-state index contributed by atoms with van der Waals surface area (Å²) in [6, 6.07) is 13.3. The first-order valence-corrected chi connectivity index (χ1v) is 8.45. The van der Waals surface area contributed by atoms with Crippen LogP contribution in [0.2, 0.25) is 0 Å². The Morgan fingerprint density at radius 2 is 1.67 bits per heavy atom. The fourth-order valence-electron chi connectivity index (χ4n) is 3.02. The molecular weight excluding hydrogens is 346 g/mol. The Kier molecular flexibility index (Phi) is 5.03. The summed E-state index contributed by atoms with van der Waals surface area (Å²) in [6.45, 7) is 1.40. The van der Waals surface area contributed by atoms with Crippen LogP contribution in [0, 0.1) is 0 Å². The highest BCUT2D eigenvalue weighted by Gasteiger charge is 2.32. The number of hydrogen-bond donors (Lipinski definition) is 2. The Balaban J connectivity index is 1.74. The van der Waals surface area contributed by atoms with Crippen molar-refractivity contribution in [1.29, 1.82) is 0 Å². The fourth-order valence-corrected chi connectivity index (χ4v) is 3.02. The summed E-state index contributed by atoms with van der Waals surface area (Å²) in [5.74, 6) is -1.31. The molecular formula is C20H19N3O4. The third kappa shape index (κ3) is 3.87. The molecule has 0 saturated carbocycles. The van der Waals surface area contributed by atoms with Crippen LogP contribution in [0.25, 0.3) is 0 Å². The lowest BCUT2D eigenvalue weighted by atomic mass is 10.0. The maximum Gasteiger partial charge on any atom is 0.261 e.